The molecule has 0 aromatic rings. The molecule has 3 unspecified atom stereocenters. The van der Waals surface area contributed by atoms with Crippen molar-refractivity contribution in [1.29, 1.82) is 0 Å². The highest BCUT2D eigenvalue weighted by molar-refractivity contribution is 5.15. The van der Waals surface area contributed by atoms with E-state index in [2.05, 4.69) is 50.9 Å². The first-order chi connectivity index (χ1) is 12.4. The van der Waals surface area contributed by atoms with E-state index in [-0.39, 0.29) is 0 Å². The molecule has 2 heteroatoms. The summed E-state index contributed by atoms with van der Waals surface area (Å²) in [4.78, 5) is 5.19. The Bertz CT molecular complexity index is 447. The Morgan fingerprint density at radius 1 is 0.885 bits per heavy atom. The summed E-state index contributed by atoms with van der Waals surface area (Å²) in [6, 6.07) is 0.724. The van der Waals surface area contributed by atoms with Gasteiger partial charge in [0.15, 0.2) is 0 Å². The SMILES string of the molecule is C=C1CCC(CC)CCCN(C)C(C2CCN(C)CC2)CCC(=C)C1C. The van der Waals surface area contributed by atoms with Gasteiger partial charge in [-0.3, -0.25) is 0 Å². The molecule has 0 amide bonds. The molecule has 0 aromatic carbocycles. The van der Waals surface area contributed by atoms with Crippen molar-refractivity contribution in [3.63, 3.8) is 0 Å². The quantitative estimate of drug-likeness (QED) is 0.578. The average Bonchev–Trinajstić information content (AvgIpc) is 2.64. The van der Waals surface area contributed by atoms with Crippen LogP contribution in [0.3, 0.4) is 0 Å². The van der Waals surface area contributed by atoms with E-state index in [1.54, 1.807) is 0 Å². The molecule has 0 bridgehead atoms. The molecule has 150 valence electrons. The Morgan fingerprint density at radius 2 is 1.50 bits per heavy atom. The van der Waals surface area contributed by atoms with E-state index in [0.717, 1.165) is 17.9 Å². The summed E-state index contributed by atoms with van der Waals surface area (Å²) in [6.45, 7) is 17.4. The third-order valence-corrected chi connectivity index (χ3v) is 7.43. The van der Waals surface area contributed by atoms with Gasteiger partial charge in [-0.05, 0) is 103 Å². The van der Waals surface area contributed by atoms with Gasteiger partial charge in [-0.2, -0.15) is 0 Å². The van der Waals surface area contributed by atoms with E-state index < -0.39 is 0 Å². The molecule has 0 aliphatic carbocycles. The van der Waals surface area contributed by atoms with Crippen LogP contribution in [-0.4, -0.2) is 49.6 Å². The number of nitrogens with zero attached hydrogens (tertiary/aromatic N) is 2. The summed E-state index contributed by atoms with van der Waals surface area (Å²) < 4.78 is 0. The summed E-state index contributed by atoms with van der Waals surface area (Å²) in [6.07, 6.45) is 11.7. The van der Waals surface area contributed by atoms with Crippen LogP contribution in [0.2, 0.25) is 0 Å². The molecule has 2 nitrogen and oxygen atoms in total. The molecule has 2 aliphatic heterocycles. The summed E-state index contributed by atoms with van der Waals surface area (Å²) in [7, 11) is 4.65. The fraction of sp³-hybridized carbons (Fsp3) is 0.833. The number of hydrogen-bond acceptors (Lipinski definition) is 2. The second-order valence-electron chi connectivity index (χ2n) is 9.22. The lowest BCUT2D eigenvalue weighted by Crippen LogP contribution is -2.43. The Labute approximate surface area is 163 Å². The number of rotatable bonds is 2. The molecule has 26 heavy (non-hydrogen) atoms. The van der Waals surface area contributed by atoms with Crippen molar-refractivity contribution < 1.29 is 0 Å². The van der Waals surface area contributed by atoms with Crippen LogP contribution in [0, 0.1) is 17.8 Å². The lowest BCUT2D eigenvalue weighted by atomic mass is 9.82. The first-order valence-corrected chi connectivity index (χ1v) is 11.2. The third-order valence-electron chi connectivity index (χ3n) is 7.43. The highest BCUT2D eigenvalue weighted by Crippen LogP contribution is 2.32. The van der Waals surface area contributed by atoms with Crippen LogP contribution < -0.4 is 0 Å². The van der Waals surface area contributed by atoms with Crippen LogP contribution >= 0.6 is 0 Å². The van der Waals surface area contributed by atoms with E-state index in [9.17, 15) is 0 Å². The van der Waals surface area contributed by atoms with Crippen molar-refractivity contribution in [1.82, 2.24) is 9.80 Å². The van der Waals surface area contributed by atoms with Gasteiger partial charge in [-0.15, -0.1) is 0 Å². The molecular formula is C24H44N2. The van der Waals surface area contributed by atoms with Gasteiger partial charge < -0.3 is 9.80 Å². The van der Waals surface area contributed by atoms with Crippen LogP contribution in [0.5, 0.6) is 0 Å². The van der Waals surface area contributed by atoms with Gasteiger partial charge in [0.05, 0.1) is 0 Å². The molecular weight excluding hydrogens is 316 g/mol. The lowest BCUT2D eigenvalue weighted by molar-refractivity contribution is 0.105. The van der Waals surface area contributed by atoms with Gasteiger partial charge in [-0.25, -0.2) is 0 Å². The second kappa shape index (κ2) is 10.7. The monoisotopic (exact) mass is 360 g/mol. The summed E-state index contributed by atoms with van der Waals surface area (Å²) in [5.41, 5.74) is 2.82. The lowest BCUT2D eigenvalue weighted by Gasteiger charge is -2.39. The number of hydrogen-bond donors (Lipinski definition) is 0. The summed E-state index contributed by atoms with van der Waals surface area (Å²) >= 11 is 0. The predicted molar refractivity (Wildman–Crippen MR) is 116 cm³/mol. The minimum Gasteiger partial charge on any atom is -0.306 e. The number of allylic oxidation sites excluding steroid dienone is 2. The topological polar surface area (TPSA) is 6.48 Å². The molecule has 2 rings (SSSR count). The van der Waals surface area contributed by atoms with Crippen molar-refractivity contribution >= 4 is 0 Å². The fourth-order valence-electron chi connectivity index (χ4n) is 5.02. The first kappa shape index (κ1) is 21.7. The van der Waals surface area contributed by atoms with Crippen LogP contribution in [0.25, 0.3) is 0 Å². The minimum atomic E-state index is 0.483. The normalized spacial score (nSPS) is 32.7. The maximum absolute atomic E-state index is 4.47. The Kier molecular flexibility index (Phi) is 8.90. The maximum Gasteiger partial charge on any atom is 0.0124 e. The van der Waals surface area contributed by atoms with E-state index in [0.29, 0.717) is 5.92 Å². The van der Waals surface area contributed by atoms with Gasteiger partial charge in [0.25, 0.3) is 0 Å². The zero-order chi connectivity index (χ0) is 19.1. The highest BCUT2D eigenvalue weighted by atomic mass is 15.1. The van der Waals surface area contributed by atoms with Crippen LogP contribution in [-0.2, 0) is 0 Å². The molecule has 0 aromatic heterocycles. The molecule has 2 heterocycles. The van der Waals surface area contributed by atoms with Gasteiger partial charge in [-0.1, -0.05) is 44.6 Å². The standard InChI is InChI=1S/C24H44N2/c1-7-22-9-8-16-26(6)24(23-14-17-25(5)18-15-23)13-11-20(3)21(4)19(2)10-12-22/h21-24H,2-3,7-18H2,1,4-6H3. The molecule has 0 N–H and O–H groups in total. The zero-order valence-corrected chi connectivity index (χ0v) is 18.1. The minimum absolute atomic E-state index is 0.483. The van der Waals surface area contributed by atoms with Crippen LogP contribution in [0.4, 0.5) is 0 Å². The Morgan fingerprint density at radius 3 is 2.12 bits per heavy atom. The van der Waals surface area contributed by atoms with E-state index in [1.807, 2.05) is 0 Å². The van der Waals surface area contributed by atoms with Gasteiger partial charge in [0.1, 0.15) is 0 Å². The Hall–Kier alpha value is -0.600. The largest absolute Gasteiger partial charge is 0.306 e. The average molecular weight is 361 g/mol. The summed E-state index contributed by atoms with van der Waals surface area (Å²) in [5.74, 6) is 2.20. The third kappa shape index (κ3) is 6.23. The van der Waals surface area contributed by atoms with E-state index >= 15 is 0 Å². The van der Waals surface area contributed by atoms with Crippen molar-refractivity contribution in [2.75, 3.05) is 33.7 Å². The van der Waals surface area contributed by atoms with Crippen molar-refractivity contribution in [2.45, 2.75) is 77.7 Å². The van der Waals surface area contributed by atoms with Gasteiger partial charge in [0.2, 0.25) is 0 Å². The second-order valence-corrected chi connectivity index (χ2v) is 9.22. The highest BCUT2D eigenvalue weighted by Gasteiger charge is 2.29. The molecule has 0 radical (unpaired) electrons. The molecule has 2 fully saturated rings. The predicted octanol–water partition coefficient (Wildman–Crippen LogP) is 5.76. The van der Waals surface area contributed by atoms with Crippen molar-refractivity contribution in [3.8, 4) is 0 Å². The van der Waals surface area contributed by atoms with E-state index in [1.165, 1.54) is 88.6 Å². The molecule has 3 atom stereocenters. The van der Waals surface area contributed by atoms with Crippen LogP contribution in [0.15, 0.2) is 24.3 Å². The van der Waals surface area contributed by atoms with Gasteiger partial charge in [0, 0.05) is 6.04 Å². The smallest absolute Gasteiger partial charge is 0.0124 e. The van der Waals surface area contributed by atoms with Gasteiger partial charge >= 0.3 is 0 Å². The zero-order valence-electron chi connectivity index (χ0n) is 18.1. The van der Waals surface area contributed by atoms with Crippen LogP contribution in [0.1, 0.15) is 71.6 Å². The van der Waals surface area contributed by atoms with Crippen molar-refractivity contribution in [3.05, 3.63) is 24.3 Å². The summed E-state index contributed by atoms with van der Waals surface area (Å²) in [5, 5.41) is 0. The molecule has 2 saturated heterocycles. The van der Waals surface area contributed by atoms with Crippen molar-refractivity contribution in [2.24, 2.45) is 17.8 Å². The number of piperidine rings is 1. The first-order valence-electron chi connectivity index (χ1n) is 11.2. The Balaban J connectivity index is 2.08. The van der Waals surface area contributed by atoms with E-state index in [4.69, 9.17) is 0 Å². The maximum atomic E-state index is 4.47. The molecule has 2 aliphatic rings. The number of likely N-dealkylation sites (tertiary alicyclic amines) is 1. The molecule has 0 spiro atoms. The fourth-order valence-corrected chi connectivity index (χ4v) is 5.02. The molecule has 0 saturated carbocycles.